The Kier molecular flexibility index (Phi) is 5.69. The Morgan fingerprint density at radius 3 is 2.38 bits per heavy atom. The molecule has 0 radical (unpaired) electrons. The molecule has 2 aromatic rings. The van der Waals surface area contributed by atoms with Crippen molar-refractivity contribution in [1.82, 2.24) is 4.90 Å². The highest BCUT2D eigenvalue weighted by atomic mass is 16.5. The number of amides is 3. The lowest BCUT2D eigenvalue weighted by molar-refractivity contribution is -0.153. The third kappa shape index (κ3) is 4.30. The van der Waals surface area contributed by atoms with E-state index in [1.54, 1.807) is 42.5 Å². The minimum Gasteiger partial charge on any atom is -0.452 e. The summed E-state index contributed by atoms with van der Waals surface area (Å²) in [6.45, 7) is 1.27. The number of esters is 1. The monoisotopic (exact) mass is 391 g/mol. The number of hydrogen-bond donors (Lipinski definition) is 1. The summed E-state index contributed by atoms with van der Waals surface area (Å²) in [7, 11) is 0. The Labute approximate surface area is 166 Å². The van der Waals surface area contributed by atoms with Crippen molar-refractivity contribution in [3.63, 3.8) is 0 Å². The Morgan fingerprint density at radius 2 is 1.76 bits per heavy atom. The molecule has 0 fully saturated rings. The summed E-state index contributed by atoms with van der Waals surface area (Å²) in [6, 6.07) is 14.7. The molecule has 0 aliphatic carbocycles. The van der Waals surface area contributed by atoms with E-state index in [-0.39, 0.29) is 13.0 Å². The molecule has 1 N–H and O–H groups in total. The number of anilines is 1. The second-order valence-electron chi connectivity index (χ2n) is 6.37. The second kappa shape index (κ2) is 8.35. The molecule has 0 aromatic heterocycles. The highest BCUT2D eigenvalue weighted by Crippen LogP contribution is 2.22. The first-order valence-electron chi connectivity index (χ1n) is 8.86. The van der Waals surface area contributed by atoms with E-state index in [2.05, 4.69) is 5.32 Å². The van der Waals surface area contributed by atoms with E-state index in [9.17, 15) is 19.2 Å². The fraction of sp³-hybridized carbons (Fsp3) is 0.190. The van der Waals surface area contributed by atoms with Crippen molar-refractivity contribution in [2.45, 2.75) is 19.4 Å². The maximum atomic E-state index is 12.3. The van der Waals surface area contributed by atoms with Gasteiger partial charge in [-0.1, -0.05) is 18.2 Å². The number of nitrogens with one attached hydrogen (secondary N) is 1. The number of hydrogen-bond acceptors (Lipinski definition) is 6. The van der Waals surface area contributed by atoms with Gasteiger partial charge in [-0.3, -0.25) is 24.1 Å². The van der Waals surface area contributed by atoms with Crippen LogP contribution in [0.5, 0.6) is 0 Å². The van der Waals surface area contributed by atoms with Crippen LogP contribution in [-0.2, 0) is 14.3 Å². The summed E-state index contributed by atoms with van der Waals surface area (Å²) in [6.07, 6.45) is -1.32. The van der Waals surface area contributed by atoms with Crippen molar-refractivity contribution in [1.29, 1.82) is 5.26 Å². The van der Waals surface area contributed by atoms with Gasteiger partial charge in [-0.05, 0) is 37.3 Å². The third-order valence-electron chi connectivity index (χ3n) is 4.35. The van der Waals surface area contributed by atoms with Gasteiger partial charge in [-0.2, -0.15) is 5.26 Å². The molecule has 8 heteroatoms. The van der Waals surface area contributed by atoms with Crippen molar-refractivity contribution in [3.8, 4) is 6.07 Å². The molecular formula is C21H17N3O5. The van der Waals surface area contributed by atoms with E-state index in [1.165, 1.54) is 13.0 Å². The molecule has 1 unspecified atom stereocenters. The highest BCUT2D eigenvalue weighted by Gasteiger charge is 2.35. The Bertz CT molecular complexity index is 1010. The second-order valence-corrected chi connectivity index (χ2v) is 6.37. The lowest BCUT2D eigenvalue weighted by Crippen LogP contribution is -2.34. The standard InChI is InChI=1S/C21H17N3O5/c1-13(19(26)23-15-6-4-5-14(11-15)12-22)29-18(25)9-10-24-20(27)16-7-2-3-8-17(16)21(24)28/h2-8,11,13H,9-10H2,1H3,(H,23,26). The van der Waals surface area contributed by atoms with Crippen LogP contribution in [0.15, 0.2) is 48.5 Å². The van der Waals surface area contributed by atoms with Gasteiger partial charge in [0.2, 0.25) is 0 Å². The van der Waals surface area contributed by atoms with Gasteiger partial charge in [0, 0.05) is 12.2 Å². The van der Waals surface area contributed by atoms with Gasteiger partial charge in [0.15, 0.2) is 6.10 Å². The fourth-order valence-corrected chi connectivity index (χ4v) is 2.87. The van der Waals surface area contributed by atoms with Crippen molar-refractivity contribution >= 4 is 29.4 Å². The lowest BCUT2D eigenvalue weighted by atomic mass is 10.1. The predicted molar refractivity (Wildman–Crippen MR) is 102 cm³/mol. The van der Waals surface area contributed by atoms with E-state index < -0.39 is 29.8 Å². The van der Waals surface area contributed by atoms with Crippen LogP contribution in [-0.4, -0.2) is 41.2 Å². The first kappa shape index (κ1) is 19.8. The third-order valence-corrected chi connectivity index (χ3v) is 4.35. The first-order chi connectivity index (χ1) is 13.9. The summed E-state index contributed by atoms with van der Waals surface area (Å²) in [5, 5.41) is 11.4. The van der Waals surface area contributed by atoms with Crippen LogP contribution in [0.1, 0.15) is 39.6 Å². The van der Waals surface area contributed by atoms with Crippen LogP contribution in [0, 0.1) is 11.3 Å². The van der Waals surface area contributed by atoms with Crippen LogP contribution >= 0.6 is 0 Å². The molecule has 29 heavy (non-hydrogen) atoms. The summed E-state index contributed by atoms with van der Waals surface area (Å²) >= 11 is 0. The van der Waals surface area contributed by atoms with Crippen LogP contribution in [0.4, 0.5) is 5.69 Å². The number of carbonyl (C=O) groups is 4. The van der Waals surface area contributed by atoms with Gasteiger partial charge in [0.25, 0.3) is 17.7 Å². The zero-order valence-corrected chi connectivity index (χ0v) is 15.5. The van der Waals surface area contributed by atoms with Crippen LogP contribution in [0.3, 0.4) is 0 Å². The number of nitrogens with zero attached hydrogens (tertiary/aromatic N) is 2. The Hall–Kier alpha value is -3.99. The topological polar surface area (TPSA) is 117 Å². The number of carbonyl (C=O) groups excluding carboxylic acids is 4. The molecule has 1 aliphatic rings. The van der Waals surface area contributed by atoms with E-state index in [0.717, 1.165) is 4.90 Å². The predicted octanol–water partition coefficient (Wildman–Crippen LogP) is 2.11. The van der Waals surface area contributed by atoms with Gasteiger partial charge in [-0.25, -0.2) is 0 Å². The molecule has 1 aliphatic heterocycles. The molecule has 146 valence electrons. The molecule has 1 atom stereocenters. The van der Waals surface area contributed by atoms with Crippen LogP contribution < -0.4 is 5.32 Å². The number of nitriles is 1. The molecular weight excluding hydrogens is 374 g/mol. The summed E-state index contributed by atoms with van der Waals surface area (Å²) in [5.74, 6) is -2.19. The van der Waals surface area contributed by atoms with Gasteiger partial charge in [0.1, 0.15) is 0 Å². The minimum atomic E-state index is -1.09. The smallest absolute Gasteiger partial charge is 0.308 e. The van der Waals surface area contributed by atoms with Crippen molar-refractivity contribution < 1.29 is 23.9 Å². The number of benzene rings is 2. The van der Waals surface area contributed by atoms with Gasteiger partial charge in [-0.15, -0.1) is 0 Å². The molecule has 0 bridgehead atoms. The molecule has 1 heterocycles. The quantitative estimate of drug-likeness (QED) is 0.595. The van der Waals surface area contributed by atoms with Crippen LogP contribution in [0.25, 0.3) is 0 Å². The van der Waals surface area contributed by atoms with Gasteiger partial charge >= 0.3 is 5.97 Å². The van der Waals surface area contributed by atoms with Crippen molar-refractivity contribution in [2.75, 3.05) is 11.9 Å². The van der Waals surface area contributed by atoms with Crippen LogP contribution in [0.2, 0.25) is 0 Å². The fourth-order valence-electron chi connectivity index (χ4n) is 2.87. The molecule has 0 saturated heterocycles. The van der Waals surface area contributed by atoms with Crippen molar-refractivity contribution in [2.24, 2.45) is 0 Å². The Balaban J connectivity index is 1.52. The largest absolute Gasteiger partial charge is 0.452 e. The number of rotatable bonds is 6. The molecule has 0 saturated carbocycles. The van der Waals surface area contributed by atoms with Gasteiger partial charge < -0.3 is 10.1 Å². The summed E-state index contributed by atoms with van der Waals surface area (Å²) in [4.78, 5) is 49.8. The lowest BCUT2D eigenvalue weighted by Gasteiger charge is -2.16. The van der Waals surface area contributed by atoms with E-state index in [4.69, 9.17) is 10.00 Å². The van der Waals surface area contributed by atoms with E-state index >= 15 is 0 Å². The molecule has 3 rings (SSSR count). The molecule has 8 nitrogen and oxygen atoms in total. The first-order valence-corrected chi connectivity index (χ1v) is 8.86. The number of fused-ring (bicyclic) bond motifs is 1. The minimum absolute atomic E-state index is 0.135. The highest BCUT2D eigenvalue weighted by molar-refractivity contribution is 6.21. The van der Waals surface area contributed by atoms with Gasteiger partial charge in [0.05, 0.1) is 29.2 Å². The summed E-state index contributed by atoms with van der Waals surface area (Å²) in [5.41, 5.74) is 1.40. The van der Waals surface area contributed by atoms with E-state index in [0.29, 0.717) is 22.4 Å². The number of ether oxygens (including phenoxy) is 1. The average Bonchev–Trinajstić information content (AvgIpc) is 2.97. The normalized spacial score (nSPS) is 13.4. The Morgan fingerprint density at radius 1 is 1.10 bits per heavy atom. The summed E-state index contributed by atoms with van der Waals surface area (Å²) < 4.78 is 5.08. The van der Waals surface area contributed by atoms with Crippen molar-refractivity contribution in [3.05, 3.63) is 65.2 Å². The molecule has 0 spiro atoms. The molecule has 2 aromatic carbocycles. The average molecular weight is 391 g/mol. The SMILES string of the molecule is CC(OC(=O)CCN1C(=O)c2ccccc2C1=O)C(=O)Nc1cccc(C#N)c1. The zero-order chi connectivity index (χ0) is 21.0. The maximum Gasteiger partial charge on any atom is 0.308 e. The maximum absolute atomic E-state index is 12.3. The zero-order valence-electron chi connectivity index (χ0n) is 15.5. The number of imide groups is 1. The van der Waals surface area contributed by atoms with E-state index in [1.807, 2.05) is 6.07 Å². The molecule has 3 amide bonds.